The van der Waals surface area contributed by atoms with Crippen LogP contribution >= 0.6 is 0 Å². The summed E-state index contributed by atoms with van der Waals surface area (Å²) in [5.41, 5.74) is 0.468. The van der Waals surface area contributed by atoms with E-state index in [1.165, 1.54) is 25.3 Å². The number of halogens is 3. The van der Waals surface area contributed by atoms with E-state index in [-0.39, 0.29) is 30.4 Å². The van der Waals surface area contributed by atoms with Crippen molar-refractivity contribution in [2.75, 3.05) is 7.11 Å². The van der Waals surface area contributed by atoms with E-state index in [0.717, 1.165) is 12.1 Å². The third-order valence-corrected chi connectivity index (χ3v) is 4.38. The van der Waals surface area contributed by atoms with Gasteiger partial charge < -0.3 is 19.9 Å². The normalized spacial score (nSPS) is 12.5. The summed E-state index contributed by atoms with van der Waals surface area (Å²) in [5, 5.41) is 12.0. The number of carbonyl (C=O) groups is 2. The highest BCUT2D eigenvalue weighted by Gasteiger charge is 2.30. The SMILES string of the molecule is COc1ccc(CC(OC(C)C)C(=O)O)cc1C(=O)NCc1ccc(C(F)(F)F)cc1. The van der Waals surface area contributed by atoms with Gasteiger partial charge in [0.1, 0.15) is 5.75 Å². The number of carbonyl (C=O) groups excluding carboxylic acids is 1. The molecular weight excluding hydrogens is 415 g/mol. The number of methoxy groups -OCH3 is 1. The number of alkyl halides is 3. The number of carboxylic acids is 1. The first kappa shape index (κ1) is 24.2. The molecule has 168 valence electrons. The Morgan fingerprint density at radius 2 is 1.68 bits per heavy atom. The van der Waals surface area contributed by atoms with Crippen LogP contribution in [0.5, 0.6) is 5.75 Å². The second-order valence-electron chi connectivity index (χ2n) is 7.13. The van der Waals surface area contributed by atoms with Crippen LogP contribution in [-0.2, 0) is 28.7 Å². The summed E-state index contributed by atoms with van der Waals surface area (Å²) < 4.78 is 48.6. The smallest absolute Gasteiger partial charge is 0.416 e. The second-order valence-corrected chi connectivity index (χ2v) is 7.13. The fourth-order valence-corrected chi connectivity index (χ4v) is 2.88. The lowest BCUT2D eigenvalue weighted by molar-refractivity contribution is -0.153. The number of hydrogen-bond acceptors (Lipinski definition) is 4. The second kappa shape index (κ2) is 10.3. The summed E-state index contributed by atoms with van der Waals surface area (Å²) in [4.78, 5) is 24.1. The highest BCUT2D eigenvalue weighted by Crippen LogP contribution is 2.29. The van der Waals surface area contributed by atoms with Crippen LogP contribution in [0, 0.1) is 0 Å². The van der Waals surface area contributed by atoms with Crippen LogP contribution in [0.25, 0.3) is 0 Å². The number of ether oxygens (including phenoxy) is 2. The van der Waals surface area contributed by atoms with Crippen molar-refractivity contribution in [1.29, 1.82) is 0 Å². The van der Waals surface area contributed by atoms with E-state index in [0.29, 0.717) is 11.1 Å². The van der Waals surface area contributed by atoms with E-state index >= 15 is 0 Å². The van der Waals surface area contributed by atoms with Gasteiger partial charge in [-0.25, -0.2) is 4.79 Å². The molecule has 0 aliphatic carbocycles. The molecule has 0 saturated carbocycles. The molecule has 2 rings (SSSR count). The average Bonchev–Trinajstić information content (AvgIpc) is 2.70. The van der Waals surface area contributed by atoms with E-state index in [1.54, 1.807) is 26.0 Å². The van der Waals surface area contributed by atoms with Gasteiger partial charge in [-0.15, -0.1) is 0 Å². The summed E-state index contributed by atoms with van der Waals surface area (Å²) in [6.07, 6.45) is -5.73. The molecule has 1 unspecified atom stereocenters. The van der Waals surface area contributed by atoms with Gasteiger partial charge in [-0.1, -0.05) is 18.2 Å². The first-order valence-corrected chi connectivity index (χ1v) is 9.50. The zero-order valence-electron chi connectivity index (χ0n) is 17.3. The molecule has 2 N–H and O–H groups in total. The Morgan fingerprint density at radius 3 is 2.19 bits per heavy atom. The molecule has 0 aromatic heterocycles. The summed E-state index contributed by atoms with van der Waals surface area (Å²) in [6.45, 7) is 3.47. The van der Waals surface area contributed by atoms with E-state index in [1.807, 2.05) is 0 Å². The van der Waals surface area contributed by atoms with Crippen molar-refractivity contribution in [2.45, 2.75) is 45.2 Å². The predicted molar refractivity (Wildman–Crippen MR) is 107 cm³/mol. The fourth-order valence-electron chi connectivity index (χ4n) is 2.88. The quantitative estimate of drug-likeness (QED) is 0.616. The Morgan fingerprint density at radius 1 is 1.06 bits per heavy atom. The third-order valence-electron chi connectivity index (χ3n) is 4.38. The Balaban J connectivity index is 2.13. The number of hydrogen-bond donors (Lipinski definition) is 2. The Hall–Kier alpha value is -3.07. The summed E-state index contributed by atoms with van der Waals surface area (Å²) >= 11 is 0. The summed E-state index contributed by atoms with van der Waals surface area (Å²) in [5.74, 6) is -1.33. The molecule has 0 heterocycles. The molecule has 1 amide bonds. The number of amides is 1. The third kappa shape index (κ3) is 6.99. The van der Waals surface area contributed by atoms with E-state index in [9.17, 15) is 27.9 Å². The monoisotopic (exact) mass is 439 g/mol. The summed E-state index contributed by atoms with van der Waals surface area (Å²) in [7, 11) is 1.39. The minimum Gasteiger partial charge on any atom is -0.496 e. The van der Waals surface area contributed by atoms with Crippen molar-refractivity contribution in [1.82, 2.24) is 5.32 Å². The molecule has 0 radical (unpaired) electrons. The molecule has 0 aliphatic rings. The van der Waals surface area contributed by atoms with Crippen molar-refractivity contribution in [3.63, 3.8) is 0 Å². The summed E-state index contributed by atoms with van der Waals surface area (Å²) in [6, 6.07) is 9.18. The zero-order valence-corrected chi connectivity index (χ0v) is 17.3. The van der Waals surface area contributed by atoms with Gasteiger partial charge in [0.15, 0.2) is 6.10 Å². The zero-order chi connectivity index (χ0) is 23.2. The van der Waals surface area contributed by atoms with Crippen LogP contribution in [0.15, 0.2) is 42.5 Å². The van der Waals surface area contributed by atoms with Gasteiger partial charge in [0.05, 0.1) is 24.3 Å². The molecule has 6 nitrogen and oxygen atoms in total. The lowest BCUT2D eigenvalue weighted by atomic mass is 10.0. The highest BCUT2D eigenvalue weighted by atomic mass is 19.4. The van der Waals surface area contributed by atoms with E-state index in [4.69, 9.17) is 9.47 Å². The van der Waals surface area contributed by atoms with Crippen molar-refractivity contribution in [3.8, 4) is 5.75 Å². The largest absolute Gasteiger partial charge is 0.496 e. The number of nitrogens with one attached hydrogen (secondary N) is 1. The highest BCUT2D eigenvalue weighted by molar-refractivity contribution is 5.97. The topological polar surface area (TPSA) is 84.9 Å². The van der Waals surface area contributed by atoms with Gasteiger partial charge >= 0.3 is 12.1 Å². The fraction of sp³-hybridized carbons (Fsp3) is 0.364. The predicted octanol–water partition coefficient (Wildman–Crippen LogP) is 4.06. The van der Waals surface area contributed by atoms with Gasteiger partial charge in [-0.05, 0) is 49.2 Å². The molecule has 0 spiro atoms. The molecule has 0 aliphatic heterocycles. The van der Waals surface area contributed by atoms with Crippen molar-refractivity contribution in [2.24, 2.45) is 0 Å². The lowest BCUT2D eigenvalue weighted by Crippen LogP contribution is -2.29. The van der Waals surface area contributed by atoms with Crippen molar-refractivity contribution < 1.29 is 37.3 Å². The van der Waals surface area contributed by atoms with Crippen LogP contribution in [0.1, 0.15) is 40.9 Å². The minimum absolute atomic E-state index is 0.0125. The maximum atomic E-state index is 12.7. The molecule has 31 heavy (non-hydrogen) atoms. The average molecular weight is 439 g/mol. The molecular formula is C22H24F3NO5. The van der Waals surface area contributed by atoms with Crippen molar-refractivity contribution >= 4 is 11.9 Å². The molecule has 2 aromatic carbocycles. The van der Waals surface area contributed by atoms with Gasteiger partial charge in [-0.2, -0.15) is 13.2 Å². The first-order valence-electron chi connectivity index (χ1n) is 9.50. The molecule has 9 heteroatoms. The van der Waals surface area contributed by atoms with Gasteiger partial charge in [-0.3, -0.25) is 4.79 Å². The van der Waals surface area contributed by atoms with E-state index in [2.05, 4.69) is 5.32 Å². The first-order chi connectivity index (χ1) is 14.5. The molecule has 0 saturated heterocycles. The Labute approximate surface area is 178 Å². The van der Waals surface area contributed by atoms with Gasteiger partial charge in [0.2, 0.25) is 0 Å². The standard InChI is InChI=1S/C22H24F3NO5/c1-13(2)31-19(21(28)29)11-15-6-9-18(30-3)17(10-15)20(27)26-12-14-4-7-16(8-5-14)22(23,24)25/h4-10,13,19H,11-12H2,1-3H3,(H,26,27)(H,28,29). The van der Waals surface area contributed by atoms with E-state index < -0.39 is 29.7 Å². The Kier molecular flexibility index (Phi) is 8.04. The number of rotatable bonds is 9. The maximum absolute atomic E-state index is 12.7. The van der Waals surface area contributed by atoms with Crippen molar-refractivity contribution in [3.05, 3.63) is 64.7 Å². The molecule has 0 fully saturated rings. The minimum atomic E-state index is -4.43. The molecule has 1 atom stereocenters. The lowest BCUT2D eigenvalue weighted by Gasteiger charge is -2.17. The number of aliphatic carboxylic acids is 1. The van der Waals surface area contributed by atoms with Crippen LogP contribution in [0.3, 0.4) is 0 Å². The van der Waals surface area contributed by atoms with Gasteiger partial charge in [0.25, 0.3) is 5.91 Å². The molecule has 0 bridgehead atoms. The number of benzene rings is 2. The number of carboxylic acid groups (broad SMARTS) is 1. The van der Waals surface area contributed by atoms with Crippen LogP contribution in [-0.4, -0.2) is 36.3 Å². The van der Waals surface area contributed by atoms with Crippen LogP contribution < -0.4 is 10.1 Å². The van der Waals surface area contributed by atoms with Crippen LogP contribution in [0.4, 0.5) is 13.2 Å². The van der Waals surface area contributed by atoms with Crippen LogP contribution in [0.2, 0.25) is 0 Å². The maximum Gasteiger partial charge on any atom is 0.416 e. The van der Waals surface area contributed by atoms with Gasteiger partial charge in [0, 0.05) is 13.0 Å². The molecule has 2 aromatic rings. The Bertz CT molecular complexity index is 910.